The minimum absolute atomic E-state index is 0.122. The van der Waals surface area contributed by atoms with Gasteiger partial charge in [0.25, 0.3) is 0 Å². The van der Waals surface area contributed by atoms with E-state index in [2.05, 4.69) is 26.5 Å². The van der Waals surface area contributed by atoms with Crippen LogP contribution in [0.5, 0.6) is 0 Å². The molecule has 0 aliphatic carbocycles. The van der Waals surface area contributed by atoms with Crippen molar-refractivity contribution in [2.45, 2.75) is 26.4 Å². The number of hydrogen-bond donors (Lipinski definition) is 2. The highest BCUT2D eigenvalue weighted by atomic mass is 16.2. The average molecular weight is 232 g/mol. The number of hydrogen-bond acceptors (Lipinski definition) is 4. The van der Waals surface area contributed by atoms with Gasteiger partial charge in [-0.05, 0) is 13.8 Å². The number of nitrogens with one attached hydrogen (secondary N) is 2. The van der Waals surface area contributed by atoms with Gasteiger partial charge in [-0.3, -0.25) is 14.8 Å². The zero-order chi connectivity index (χ0) is 12.7. The van der Waals surface area contributed by atoms with Gasteiger partial charge in [-0.25, -0.2) is 0 Å². The summed E-state index contributed by atoms with van der Waals surface area (Å²) in [6.07, 6.45) is 8.44. The van der Waals surface area contributed by atoms with Gasteiger partial charge in [0, 0.05) is 18.9 Å². The van der Waals surface area contributed by atoms with Crippen LogP contribution in [-0.2, 0) is 11.3 Å². The molecule has 5 nitrogen and oxygen atoms in total. The minimum atomic E-state index is -0.313. The molecular formula is C12H16N4O. The number of terminal acetylenes is 1. The van der Waals surface area contributed by atoms with Gasteiger partial charge in [0.15, 0.2) is 0 Å². The van der Waals surface area contributed by atoms with Crippen molar-refractivity contribution in [2.24, 2.45) is 0 Å². The van der Waals surface area contributed by atoms with Gasteiger partial charge >= 0.3 is 0 Å². The van der Waals surface area contributed by atoms with Gasteiger partial charge < -0.3 is 10.6 Å². The molecule has 1 unspecified atom stereocenters. The van der Waals surface area contributed by atoms with Crippen molar-refractivity contribution in [3.05, 3.63) is 23.8 Å². The molecule has 0 bridgehead atoms. The molecule has 1 aromatic heterocycles. The number of nitrogens with zero attached hydrogens (tertiary/aromatic N) is 2. The molecule has 0 aromatic carbocycles. The highest BCUT2D eigenvalue weighted by Crippen LogP contribution is 1.94. The Kier molecular flexibility index (Phi) is 5.11. The van der Waals surface area contributed by atoms with E-state index in [-0.39, 0.29) is 18.5 Å². The van der Waals surface area contributed by atoms with E-state index in [0.29, 0.717) is 6.54 Å². The highest BCUT2D eigenvalue weighted by molar-refractivity contribution is 5.81. The first-order valence-corrected chi connectivity index (χ1v) is 5.35. The average Bonchev–Trinajstić information content (AvgIpc) is 2.34. The third-order valence-corrected chi connectivity index (χ3v) is 2.18. The lowest BCUT2D eigenvalue weighted by Crippen LogP contribution is -2.42. The number of rotatable bonds is 5. The molecule has 0 spiro atoms. The van der Waals surface area contributed by atoms with Crippen LogP contribution in [0.25, 0.3) is 0 Å². The Hall–Kier alpha value is -1.93. The summed E-state index contributed by atoms with van der Waals surface area (Å²) >= 11 is 0. The van der Waals surface area contributed by atoms with Crippen LogP contribution in [-0.4, -0.2) is 28.5 Å². The Bertz CT molecular complexity index is 408. The highest BCUT2D eigenvalue weighted by Gasteiger charge is 2.10. The molecule has 17 heavy (non-hydrogen) atoms. The molecule has 1 amide bonds. The molecule has 90 valence electrons. The zero-order valence-corrected chi connectivity index (χ0v) is 10.0. The SMILES string of the molecule is C#CCNC(=O)C(C)NCc1cnc(C)cn1. The van der Waals surface area contributed by atoms with Crippen molar-refractivity contribution in [3.63, 3.8) is 0 Å². The summed E-state index contributed by atoms with van der Waals surface area (Å²) in [5, 5.41) is 5.65. The third-order valence-electron chi connectivity index (χ3n) is 2.18. The topological polar surface area (TPSA) is 66.9 Å². The first-order valence-electron chi connectivity index (χ1n) is 5.35. The third kappa shape index (κ3) is 4.62. The second-order valence-corrected chi connectivity index (χ2v) is 3.67. The van der Waals surface area contributed by atoms with Crippen molar-refractivity contribution >= 4 is 5.91 Å². The fraction of sp³-hybridized carbons (Fsp3) is 0.417. The molecule has 1 heterocycles. The lowest BCUT2D eigenvalue weighted by molar-refractivity contribution is -0.122. The van der Waals surface area contributed by atoms with Crippen molar-refractivity contribution < 1.29 is 4.79 Å². The molecular weight excluding hydrogens is 216 g/mol. The van der Waals surface area contributed by atoms with Gasteiger partial charge in [-0.1, -0.05) is 5.92 Å². The van der Waals surface area contributed by atoms with Crippen LogP contribution in [0.3, 0.4) is 0 Å². The zero-order valence-electron chi connectivity index (χ0n) is 10.0. The van der Waals surface area contributed by atoms with Crippen molar-refractivity contribution in [1.29, 1.82) is 0 Å². The molecule has 0 aliphatic rings. The van der Waals surface area contributed by atoms with Crippen LogP contribution in [0.1, 0.15) is 18.3 Å². The fourth-order valence-electron chi connectivity index (χ4n) is 1.15. The van der Waals surface area contributed by atoms with Crippen molar-refractivity contribution in [1.82, 2.24) is 20.6 Å². The quantitative estimate of drug-likeness (QED) is 0.702. The van der Waals surface area contributed by atoms with E-state index in [9.17, 15) is 4.79 Å². The normalized spacial score (nSPS) is 11.6. The molecule has 1 rings (SSSR count). The summed E-state index contributed by atoms with van der Waals surface area (Å²) in [6, 6.07) is -0.313. The van der Waals surface area contributed by atoms with Crippen molar-refractivity contribution in [2.75, 3.05) is 6.54 Å². The monoisotopic (exact) mass is 232 g/mol. The number of aryl methyl sites for hydroxylation is 1. The van der Waals surface area contributed by atoms with E-state index in [4.69, 9.17) is 6.42 Å². The molecule has 0 radical (unpaired) electrons. The van der Waals surface area contributed by atoms with Gasteiger partial charge in [0.1, 0.15) is 0 Å². The van der Waals surface area contributed by atoms with Crippen LogP contribution < -0.4 is 10.6 Å². The van der Waals surface area contributed by atoms with Crippen LogP contribution >= 0.6 is 0 Å². The summed E-state index contributed by atoms with van der Waals surface area (Å²) in [7, 11) is 0. The predicted octanol–water partition coefficient (Wildman–Crippen LogP) is 0.0125. The largest absolute Gasteiger partial charge is 0.344 e. The second-order valence-electron chi connectivity index (χ2n) is 3.67. The molecule has 1 aromatic rings. The minimum Gasteiger partial charge on any atom is -0.344 e. The smallest absolute Gasteiger partial charge is 0.237 e. The summed E-state index contributed by atoms with van der Waals surface area (Å²) in [5.74, 6) is 2.23. The van der Waals surface area contributed by atoms with Gasteiger partial charge in [0.05, 0.1) is 24.0 Å². The molecule has 0 fully saturated rings. The van der Waals surface area contributed by atoms with E-state index in [1.54, 1.807) is 19.3 Å². The lowest BCUT2D eigenvalue weighted by atomic mass is 10.3. The Balaban J connectivity index is 2.37. The standard InChI is InChI=1S/C12H16N4O/c1-4-5-13-12(17)10(3)15-8-11-7-14-9(2)6-16-11/h1,6-7,10,15H,5,8H2,2-3H3,(H,13,17). The van der Waals surface area contributed by atoms with E-state index in [1.807, 2.05) is 6.92 Å². The molecule has 0 saturated heterocycles. The first kappa shape index (κ1) is 13.1. The number of carbonyl (C=O) groups excluding carboxylic acids is 1. The first-order chi connectivity index (χ1) is 8.13. The maximum absolute atomic E-state index is 11.5. The molecule has 0 saturated carbocycles. The Morgan fingerprint density at radius 1 is 1.53 bits per heavy atom. The lowest BCUT2D eigenvalue weighted by Gasteiger charge is -2.12. The van der Waals surface area contributed by atoms with Crippen LogP contribution in [0.4, 0.5) is 0 Å². The Morgan fingerprint density at radius 2 is 2.29 bits per heavy atom. The van der Waals surface area contributed by atoms with Gasteiger partial charge in [0.2, 0.25) is 5.91 Å². The molecule has 5 heteroatoms. The number of carbonyl (C=O) groups is 1. The van der Waals surface area contributed by atoms with E-state index in [0.717, 1.165) is 11.4 Å². The molecule has 0 aliphatic heterocycles. The van der Waals surface area contributed by atoms with Crippen LogP contribution in [0.2, 0.25) is 0 Å². The van der Waals surface area contributed by atoms with E-state index < -0.39 is 0 Å². The summed E-state index contributed by atoms with van der Waals surface area (Å²) in [6.45, 7) is 4.39. The summed E-state index contributed by atoms with van der Waals surface area (Å²) in [5.41, 5.74) is 1.67. The van der Waals surface area contributed by atoms with Crippen LogP contribution in [0, 0.1) is 19.3 Å². The maximum atomic E-state index is 11.5. The van der Waals surface area contributed by atoms with E-state index in [1.165, 1.54) is 0 Å². The van der Waals surface area contributed by atoms with Crippen LogP contribution in [0.15, 0.2) is 12.4 Å². The number of amides is 1. The summed E-state index contributed by atoms with van der Waals surface area (Å²) in [4.78, 5) is 19.8. The van der Waals surface area contributed by atoms with Gasteiger partial charge in [-0.2, -0.15) is 0 Å². The molecule has 1 atom stereocenters. The Morgan fingerprint density at radius 3 is 2.88 bits per heavy atom. The Labute approximate surface area is 101 Å². The maximum Gasteiger partial charge on any atom is 0.237 e. The van der Waals surface area contributed by atoms with E-state index >= 15 is 0 Å². The molecule has 2 N–H and O–H groups in total. The summed E-state index contributed by atoms with van der Waals surface area (Å²) < 4.78 is 0. The number of aromatic nitrogens is 2. The second kappa shape index (κ2) is 6.61. The van der Waals surface area contributed by atoms with Crippen molar-refractivity contribution in [3.8, 4) is 12.3 Å². The van der Waals surface area contributed by atoms with Gasteiger partial charge in [-0.15, -0.1) is 6.42 Å². The fourth-order valence-corrected chi connectivity index (χ4v) is 1.15. The predicted molar refractivity (Wildman–Crippen MR) is 64.9 cm³/mol.